The largest absolute Gasteiger partial charge is 0.490 e. The van der Waals surface area contributed by atoms with Gasteiger partial charge < -0.3 is 9.47 Å². The molecule has 4 rings (SSSR count). The molecule has 176 valence electrons. The Morgan fingerprint density at radius 3 is 2.51 bits per heavy atom. The number of carbonyl (C=O) groups is 2. The van der Waals surface area contributed by atoms with Gasteiger partial charge in [0.25, 0.3) is 5.91 Å². The van der Waals surface area contributed by atoms with E-state index in [0.29, 0.717) is 34.1 Å². The molecule has 6 nitrogen and oxygen atoms in total. The number of rotatable bonds is 7. The van der Waals surface area contributed by atoms with Gasteiger partial charge in [0.2, 0.25) is 0 Å². The van der Waals surface area contributed by atoms with Gasteiger partial charge in [0.15, 0.2) is 11.5 Å². The summed E-state index contributed by atoms with van der Waals surface area (Å²) < 4.78 is 11.3. The number of fused-ring (bicyclic) bond motifs is 1. The maximum Gasteiger partial charge on any atom is 0.344 e. The predicted octanol–water partition coefficient (Wildman–Crippen LogP) is 6.53. The zero-order valence-electron chi connectivity index (χ0n) is 18.6. The van der Waals surface area contributed by atoms with Gasteiger partial charge in [0.05, 0.1) is 28.4 Å². The van der Waals surface area contributed by atoms with Crippen molar-refractivity contribution >= 4 is 52.1 Å². The number of nitrogens with zero attached hydrogens (tertiary/aromatic N) is 1. The van der Waals surface area contributed by atoms with Crippen LogP contribution in [-0.2, 0) is 0 Å². The van der Waals surface area contributed by atoms with Crippen molar-refractivity contribution in [2.24, 2.45) is 5.10 Å². The highest BCUT2D eigenvalue weighted by molar-refractivity contribution is 6.42. The van der Waals surface area contributed by atoms with E-state index in [9.17, 15) is 9.59 Å². The highest BCUT2D eigenvalue weighted by atomic mass is 35.5. The summed E-state index contributed by atoms with van der Waals surface area (Å²) >= 11 is 11.8. The molecule has 0 saturated heterocycles. The number of benzene rings is 4. The van der Waals surface area contributed by atoms with E-state index in [-0.39, 0.29) is 10.8 Å². The smallest absolute Gasteiger partial charge is 0.344 e. The van der Waals surface area contributed by atoms with Gasteiger partial charge in [-0.1, -0.05) is 59.6 Å². The highest BCUT2D eigenvalue weighted by Crippen LogP contribution is 2.30. The molecule has 0 aliphatic heterocycles. The molecule has 0 unspecified atom stereocenters. The van der Waals surface area contributed by atoms with E-state index < -0.39 is 11.9 Å². The zero-order valence-corrected chi connectivity index (χ0v) is 20.1. The maximum atomic E-state index is 12.9. The van der Waals surface area contributed by atoms with Crippen molar-refractivity contribution in [2.45, 2.75) is 6.92 Å². The van der Waals surface area contributed by atoms with E-state index >= 15 is 0 Å². The van der Waals surface area contributed by atoms with Crippen LogP contribution < -0.4 is 14.9 Å². The van der Waals surface area contributed by atoms with Crippen molar-refractivity contribution in [3.63, 3.8) is 0 Å². The molecule has 8 heteroatoms. The molecule has 0 saturated carbocycles. The summed E-state index contributed by atoms with van der Waals surface area (Å²) in [4.78, 5) is 25.2. The average molecular weight is 507 g/mol. The monoisotopic (exact) mass is 506 g/mol. The minimum absolute atomic E-state index is 0.276. The number of esters is 1. The fraction of sp³-hybridized carbons (Fsp3) is 0.0741. The number of amides is 1. The minimum atomic E-state index is -0.488. The normalized spacial score (nSPS) is 10.9. The quantitative estimate of drug-likeness (QED) is 0.134. The molecular weight excluding hydrogens is 487 g/mol. The van der Waals surface area contributed by atoms with Crippen LogP contribution in [-0.4, -0.2) is 24.7 Å². The first-order valence-corrected chi connectivity index (χ1v) is 11.5. The summed E-state index contributed by atoms with van der Waals surface area (Å²) in [7, 11) is 0. The Bertz CT molecular complexity index is 1430. The first kappa shape index (κ1) is 24.3. The second-order valence-corrected chi connectivity index (χ2v) is 8.20. The predicted molar refractivity (Wildman–Crippen MR) is 138 cm³/mol. The van der Waals surface area contributed by atoms with Crippen LogP contribution in [0.5, 0.6) is 11.5 Å². The summed E-state index contributed by atoms with van der Waals surface area (Å²) in [5, 5.41) is 6.36. The second-order valence-electron chi connectivity index (χ2n) is 7.38. The standard InChI is InChI=1S/C27H20Cl2N2O4/c1-2-34-25-14-17(16-30-31-26(32)19-11-12-22(28)23(29)15-19)10-13-24(25)35-27(33)21-9-5-7-18-6-3-4-8-20(18)21/h3-16H,2H2,1H3,(H,31,32)/b30-16-. The molecule has 0 aliphatic carbocycles. The lowest BCUT2D eigenvalue weighted by molar-refractivity contribution is 0.0730. The highest BCUT2D eigenvalue weighted by Gasteiger charge is 2.15. The topological polar surface area (TPSA) is 77.0 Å². The van der Waals surface area contributed by atoms with E-state index in [1.54, 1.807) is 30.3 Å². The first-order chi connectivity index (χ1) is 17.0. The summed E-state index contributed by atoms with van der Waals surface area (Å²) in [6, 6.07) is 22.6. The number of hydrazone groups is 1. The van der Waals surface area contributed by atoms with E-state index in [1.807, 2.05) is 43.3 Å². The minimum Gasteiger partial charge on any atom is -0.490 e. The fourth-order valence-corrected chi connectivity index (χ4v) is 3.68. The number of ether oxygens (including phenoxy) is 2. The molecule has 0 atom stereocenters. The summed E-state index contributed by atoms with van der Waals surface area (Å²) in [5.41, 5.74) is 3.85. The lowest BCUT2D eigenvalue weighted by Gasteiger charge is -2.12. The van der Waals surface area contributed by atoms with Crippen LogP contribution in [0.15, 0.2) is 84.0 Å². The number of hydrogen-bond acceptors (Lipinski definition) is 5. The summed E-state index contributed by atoms with van der Waals surface area (Å²) in [6.45, 7) is 2.20. The lowest BCUT2D eigenvalue weighted by atomic mass is 10.0. The van der Waals surface area contributed by atoms with E-state index in [2.05, 4.69) is 10.5 Å². The Morgan fingerprint density at radius 1 is 0.914 bits per heavy atom. The van der Waals surface area contributed by atoms with Crippen LogP contribution in [0.1, 0.15) is 33.2 Å². The second kappa shape index (κ2) is 11.0. The van der Waals surface area contributed by atoms with Gasteiger partial charge in [-0.05, 0) is 65.7 Å². The molecular formula is C27H20Cl2N2O4. The van der Waals surface area contributed by atoms with Gasteiger partial charge in [0.1, 0.15) is 0 Å². The Balaban J connectivity index is 1.49. The Kier molecular flexibility index (Phi) is 7.65. The number of nitrogens with one attached hydrogen (secondary N) is 1. The fourth-order valence-electron chi connectivity index (χ4n) is 3.38. The van der Waals surface area contributed by atoms with Crippen molar-refractivity contribution in [3.05, 3.63) is 106 Å². The first-order valence-electron chi connectivity index (χ1n) is 10.7. The van der Waals surface area contributed by atoms with Crippen LogP contribution in [0.3, 0.4) is 0 Å². The molecule has 4 aromatic carbocycles. The number of hydrogen-bond donors (Lipinski definition) is 1. The number of halogens is 2. The van der Waals surface area contributed by atoms with Gasteiger partial charge in [-0.2, -0.15) is 5.10 Å². The molecule has 0 bridgehead atoms. The van der Waals surface area contributed by atoms with Gasteiger partial charge in [0, 0.05) is 5.56 Å². The third-order valence-electron chi connectivity index (χ3n) is 5.04. The van der Waals surface area contributed by atoms with Crippen molar-refractivity contribution < 1.29 is 19.1 Å². The van der Waals surface area contributed by atoms with Crippen molar-refractivity contribution in [1.29, 1.82) is 0 Å². The van der Waals surface area contributed by atoms with E-state index in [4.69, 9.17) is 32.7 Å². The summed E-state index contributed by atoms with van der Waals surface area (Å²) in [6.07, 6.45) is 1.45. The Labute approximate surface area is 212 Å². The van der Waals surface area contributed by atoms with Gasteiger partial charge in [-0.3, -0.25) is 4.79 Å². The third-order valence-corrected chi connectivity index (χ3v) is 5.78. The van der Waals surface area contributed by atoms with Gasteiger partial charge in [-0.25, -0.2) is 10.2 Å². The molecule has 1 amide bonds. The third kappa shape index (κ3) is 5.80. The van der Waals surface area contributed by atoms with Gasteiger partial charge >= 0.3 is 5.97 Å². The van der Waals surface area contributed by atoms with Crippen LogP contribution in [0.4, 0.5) is 0 Å². The average Bonchev–Trinajstić information content (AvgIpc) is 2.86. The Hall–Kier alpha value is -3.87. The van der Waals surface area contributed by atoms with Crippen molar-refractivity contribution in [1.82, 2.24) is 5.43 Å². The molecule has 0 heterocycles. The molecule has 0 fully saturated rings. The maximum absolute atomic E-state index is 12.9. The molecule has 0 aromatic heterocycles. The van der Waals surface area contributed by atoms with Crippen LogP contribution in [0.25, 0.3) is 10.8 Å². The SMILES string of the molecule is CCOc1cc(/C=N\NC(=O)c2ccc(Cl)c(Cl)c2)ccc1OC(=O)c1cccc2ccccc12. The number of carbonyl (C=O) groups excluding carboxylic acids is 2. The molecule has 1 N–H and O–H groups in total. The van der Waals surface area contributed by atoms with Gasteiger partial charge in [-0.15, -0.1) is 0 Å². The lowest BCUT2D eigenvalue weighted by Crippen LogP contribution is -2.17. The summed E-state index contributed by atoms with van der Waals surface area (Å²) in [5.74, 6) is -0.272. The molecule has 35 heavy (non-hydrogen) atoms. The molecule has 0 radical (unpaired) electrons. The van der Waals surface area contributed by atoms with Crippen LogP contribution in [0, 0.1) is 0 Å². The molecule has 0 aliphatic rings. The molecule has 0 spiro atoms. The molecule has 4 aromatic rings. The Morgan fingerprint density at radius 2 is 1.71 bits per heavy atom. The van der Waals surface area contributed by atoms with Crippen LogP contribution >= 0.6 is 23.2 Å². The van der Waals surface area contributed by atoms with E-state index in [0.717, 1.165) is 10.8 Å². The van der Waals surface area contributed by atoms with E-state index in [1.165, 1.54) is 18.3 Å². The van der Waals surface area contributed by atoms with Crippen LogP contribution in [0.2, 0.25) is 10.0 Å². The zero-order chi connectivity index (χ0) is 24.8. The van der Waals surface area contributed by atoms with Crippen molar-refractivity contribution in [2.75, 3.05) is 6.61 Å². The van der Waals surface area contributed by atoms with Crippen molar-refractivity contribution in [3.8, 4) is 11.5 Å².